The van der Waals surface area contributed by atoms with Gasteiger partial charge in [-0.25, -0.2) is 0 Å². The lowest BCUT2D eigenvalue weighted by molar-refractivity contribution is -0.136. The first-order valence-electron chi connectivity index (χ1n) is 10.9. The minimum absolute atomic E-state index is 0.195. The molecule has 27 heavy (non-hydrogen) atoms. The summed E-state index contributed by atoms with van der Waals surface area (Å²) >= 11 is 0. The fourth-order valence-electron chi connectivity index (χ4n) is 5.66. The summed E-state index contributed by atoms with van der Waals surface area (Å²) in [6.45, 7) is 5.12. The van der Waals surface area contributed by atoms with E-state index in [0.29, 0.717) is 11.8 Å². The van der Waals surface area contributed by atoms with Gasteiger partial charge in [-0.05, 0) is 50.3 Å². The Bertz CT molecular complexity index is 621. The van der Waals surface area contributed by atoms with Gasteiger partial charge in [0, 0.05) is 32.2 Å². The molecule has 0 spiro atoms. The molecule has 4 heteroatoms. The second kappa shape index (κ2) is 8.32. The van der Waals surface area contributed by atoms with Crippen molar-refractivity contribution in [3.05, 3.63) is 35.9 Å². The minimum atomic E-state index is -0.332. The molecule has 2 saturated heterocycles. The van der Waals surface area contributed by atoms with Crippen molar-refractivity contribution in [1.82, 2.24) is 9.80 Å². The molecule has 2 aliphatic heterocycles. The highest BCUT2D eigenvalue weighted by molar-refractivity contribution is 5.89. The van der Waals surface area contributed by atoms with E-state index in [9.17, 15) is 9.90 Å². The maximum atomic E-state index is 13.7. The van der Waals surface area contributed by atoms with Gasteiger partial charge in [-0.3, -0.25) is 4.79 Å². The summed E-state index contributed by atoms with van der Waals surface area (Å²) in [6.07, 6.45) is 8.12. The van der Waals surface area contributed by atoms with Crippen LogP contribution in [-0.4, -0.2) is 60.1 Å². The fourth-order valence-corrected chi connectivity index (χ4v) is 5.66. The Morgan fingerprint density at radius 2 is 1.63 bits per heavy atom. The molecule has 0 radical (unpaired) electrons. The van der Waals surface area contributed by atoms with Gasteiger partial charge in [0.2, 0.25) is 5.91 Å². The van der Waals surface area contributed by atoms with E-state index in [4.69, 9.17) is 0 Å². The molecule has 1 aliphatic carbocycles. The van der Waals surface area contributed by atoms with Gasteiger partial charge >= 0.3 is 0 Å². The predicted molar refractivity (Wildman–Crippen MR) is 108 cm³/mol. The molecule has 0 unspecified atom stereocenters. The Kier molecular flexibility index (Phi) is 5.84. The number of hydrogen-bond acceptors (Lipinski definition) is 3. The van der Waals surface area contributed by atoms with Gasteiger partial charge in [-0.15, -0.1) is 0 Å². The zero-order chi connectivity index (χ0) is 18.7. The van der Waals surface area contributed by atoms with Crippen molar-refractivity contribution in [3.8, 4) is 0 Å². The molecule has 1 N–H and O–H groups in total. The van der Waals surface area contributed by atoms with Gasteiger partial charge in [0.25, 0.3) is 0 Å². The number of aliphatic hydroxyl groups is 1. The molecule has 2 atom stereocenters. The van der Waals surface area contributed by atoms with Crippen LogP contribution in [0.15, 0.2) is 30.3 Å². The zero-order valence-corrected chi connectivity index (χ0v) is 16.5. The van der Waals surface area contributed by atoms with Crippen LogP contribution in [0.1, 0.15) is 50.5 Å². The second-order valence-corrected chi connectivity index (χ2v) is 8.93. The first kappa shape index (κ1) is 18.9. The number of nitrogens with zero attached hydrogens (tertiary/aromatic N) is 2. The van der Waals surface area contributed by atoms with E-state index >= 15 is 0 Å². The van der Waals surface area contributed by atoms with E-state index in [0.717, 1.165) is 45.3 Å². The highest BCUT2D eigenvalue weighted by atomic mass is 16.3. The summed E-state index contributed by atoms with van der Waals surface area (Å²) in [5, 5.41) is 9.96. The summed E-state index contributed by atoms with van der Waals surface area (Å²) in [6, 6.07) is 10.4. The summed E-state index contributed by atoms with van der Waals surface area (Å²) < 4.78 is 0. The lowest BCUT2D eigenvalue weighted by Crippen LogP contribution is -2.45. The maximum absolute atomic E-state index is 13.7. The number of likely N-dealkylation sites (tertiary alicyclic amines) is 2. The maximum Gasteiger partial charge on any atom is 0.233 e. The van der Waals surface area contributed by atoms with Crippen LogP contribution >= 0.6 is 0 Å². The Balaban J connectivity index is 1.49. The number of aliphatic hydroxyl groups excluding tert-OH is 1. The van der Waals surface area contributed by atoms with Crippen LogP contribution in [0, 0.1) is 11.8 Å². The zero-order valence-electron chi connectivity index (χ0n) is 16.5. The van der Waals surface area contributed by atoms with Crippen molar-refractivity contribution in [2.45, 2.75) is 50.4 Å². The topological polar surface area (TPSA) is 43.8 Å². The number of benzene rings is 1. The number of amides is 1. The van der Waals surface area contributed by atoms with Crippen molar-refractivity contribution in [3.63, 3.8) is 0 Å². The van der Waals surface area contributed by atoms with E-state index < -0.39 is 0 Å². The summed E-state index contributed by atoms with van der Waals surface area (Å²) in [5.74, 6) is 0.946. The number of hydrogen-bond donors (Lipinski definition) is 1. The molecule has 0 bridgehead atoms. The first-order chi connectivity index (χ1) is 13.2. The Morgan fingerprint density at radius 3 is 2.30 bits per heavy atom. The van der Waals surface area contributed by atoms with E-state index in [1.54, 1.807) is 0 Å². The molecular weight excluding hydrogens is 336 g/mol. The minimum Gasteiger partial charge on any atom is -0.396 e. The van der Waals surface area contributed by atoms with E-state index in [1.165, 1.54) is 37.9 Å². The molecule has 1 amide bonds. The number of rotatable bonds is 5. The highest BCUT2D eigenvalue weighted by Gasteiger charge is 2.47. The van der Waals surface area contributed by atoms with Crippen molar-refractivity contribution < 1.29 is 9.90 Å². The van der Waals surface area contributed by atoms with E-state index in [1.807, 2.05) is 6.07 Å². The third-order valence-electron chi connectivity index (χ3n) is 7.23. The smallest absolute Gasteiger partial charge is 0.233 e. The van der Waals surface area contributed by atoms with Gasteiger partial charge in [-0.1, -0.05) is 49.6 Å². The largest absolute Gasteiger partial charge is 0.396 e. The van der Waals surface area contributed by atoms with Gasteiger partial charge < -0.3 is 14.9 Å². The second-order valence-electron chi connectivity index (χ2n) is 8.93. The number of piperidine rings is 1. The molecule has 1 saturated carbocycles. The lowest BCUT2D eigenvalue weighted by atomic mass is 9.77. The Labute approximate surface area is 163 Å². The molecular formula is C23H34N2O2. The van der Waals surface area contributed by atoms with Crippen LogP contribution in [0.4, 0.5) is 0 Å². The standard InChI is InChI=1S/C23H34N2O2/c26-18-20-17-25(16-19(20)15-24-13-7-2-8-14-24)22(27)23(11-5-6-12-23)21-9-3-1-4-10-21/h1,3-4,9-10,19-20,26H,2,5-8,11-18H2/t19-,20-/m1/s1. The van der Waals surface area contributed by atoms with Crippen LogP contribution in [-0.2, 0) is 10.2 Å². The van der Waals surface area contributed by atoms with Crippen molar-refractivity contribution in [1.29, 1.82) is 0 Å². The Hall–Kier alpha value is -1.39. The average molecular weight is 371 g/mol. The molecule has 1 aromatic rings. The number of carbonyl (C=O) groups excluding carboxylic acids is 1. The average Bonchev–Trinajstić information content (AvgIpc) is 3.37. The molecule has 148 valence electrons. The lowest BCUT2D eigenvalue weighted by Gasteiger charge is -2.33. The van der Waals surface area contributed by atoms with Crippen molar-refractivity contribution in [2.75, 3.05) is 39.3 Å². The van der Waals surface area contributed by atoms with E-state index in [-0.39, 0.29) is 17.9 Å². The fraction of sp³-hybridized carbons (Fsp3) is 0.696. The molecule has 4 nitrogen and oxygen atoms in total. The van der Waals surface area contributed by atoms with Crippen molar-refractivity contribution in [2.24, 2.45) is 11.8 Å². The summed E-state index contributed by atoms with van der Waals surface area (Å²) in [7, 11) is 0. The SMILES string of the molecule is O=C(N1C[C@@H](CN2CCCCC2)[C@@H](CO)C1)C1(c2ccccc2)CCCC1. The summed E-state index contributed by atoms with van der Waals surface area (Å²) in [5.41, 5.74) is 0.855. The highest BCUT2D eigenvalue weighted by Crippen LogP contribution is 2.43. The van der Waals surface area contributed by atoms with E-state index in [2.05, 4.69) is 34.1 Å². The molecule has 4 rings (SSSR count). The molecule has 2 heterocycles. The van der Waals surface area contributed by atoms with Gasteiger partial charge in [0.15, 0.2) is 0 Å². The van der Waals surface area contributed by atoms with Gasteiger partial charge in [0.05, 0.1) is 5.41 Å². The first-order valence-corrected chi connectivity index (χ1v) is 10.9. The van der Waals surface area contributed by atoms with Crippen LogP contribution in [0.3, 0.4) is 0 Å². The van der Waals surface area contributed by atoms with Gasteiger partial charge in [-0.2, -0.15) is 0 Å². The predicted octanol–water partition coefficient (Wildman–Crippen LogP) is 3.05. The monoisotopic (exact) mass is 370 g/mol. The molecule has 0 aromatic heterocycles. The molecule has 3 fully saturated rings. The van der Waals surface area contributed by atoms with Gasteiger partial charge in [0.1, 0.15) is 0 Å². The molecule has 1 aromatic carbocycles. The number of carbonyl (C=O) groups is 1. The van der Waals surface area contributed by atoms with Crippen LogP contribution in [0.2, 0.25) is 0 Å². The van der Waals surface area contributed by atoms with Crippen molar-refractivity contribution >= 4 is 5.91 Å². The molecule has 3 aliphatic rings. The van der Waals surface area contributed by atoms with Crippen LogP contribution in [0.5, 0.6) is 0 Å². The normalized spacial score (nSPS) is 28.6. The third kappa shape index (κ3) is 3.79. The summed E-state index contributed by atoms with van der Waals surface area (Å²) in [4.78, 5) is 18.3. The Morgan fingerprint density at radius 1 is 0.963 bits per heavy atom. The van der Waals surface area contributed by atoms with Crippen LogP contribution in [0.25, 0.3) is 0 Å². The third-order valence-corrected chi connectivity index (χ3v) is 7.23. The van der Waals surface area contributed by atoms with Crippen LogP contribution < -0.4 is 0 Å². The quantitative estimate of drug-likeness (QED) is 0.866.